The minimum absolute atomic E-state index is 0.0142. The van der Waals surface area contributed by atoms with Crippen LogP contribution in [-0.4, -0.2) is 6.04 Å². The van der Waals surface area contributed by atoms with Crippen LogP contribution >= 0.6 is 46.4 Å². The summed E-state index contributed by atoms with van der Waals surface area (Å²) in [5, 5.41) is 2.55. The molecule has 0 saturated heterocycles. The molecule has 2 rings (SSSR count). The van der Waals surface area contributed by atoms with E-state index in [0.29, 0.717) is 32.9 Å². The van der Waals surface area contributed by atoms with Crippen LogP contribution in [0.25, 0.3) is 0 Å². The monoisotopic (exact) mass is 362 g/mol. The first-order valence-corrected chi connectivity index (χ1v) is 7.84. The molecule has 3 N–H and O–H groups in total. The predicted octanol–water partition coefficient (Wildman–Crippen LogP) is 4.92. The lowest BCUT2D eigenvalue weighted by Crippen LogP contribution is -2.38. The number of halogens is 4. The van der Waals surface area contributed by atoms with Gasteiger partial charge in [0.2, 0.25) is 0 Å². The van der Waals surface area contributed by atoms with Crippen LogP contribution in [0.2, 0.25) is 20.1 Å². The molecule has 2 aromatic rings. The van der Waals surface area contributed by atoms with Gasteiger partial charge < -0.3 is 0 Å². The Kier molecular flexibility index (Phi) is 6.18. The molecule has 0 bridgehead atoms. The van der Waals surface area contributed by atoms with Gasteiger partial charge in [0.15, 0.2) is 0 Å². The van der Waals surface area contributed by atoms with E-state index >= 15 is 0 Å². The molecule has 0 aliphatic carbocycles. The predicted molar refractivity (Wildman–Crippen MR) is 91.4 cm³/mol. The number of benzene rings is 2. The molecule has 112 valence electrons. The fraction of sp³-hybridized carbons (Fsp3) is 0.200. The first-order chi connectivity index (χ1) is 9.99. The molecule has 0 amide bonds. The SMILES string of the molecule is NNC(Cc1ccc(Cl)cc1Cl)Cc1cc(Cl)ccc1Cl. The maximum absolute atomic E-state index is 6.19. The van der Waals surface area contributed by atoms with Gasteiger partial charge in [0.1, 0.15) is 0 Å². The summed E-state index contributed by atoms with van der Waals surface area (Å²) in [6.07, 6.45) is 1.31. The molecule has 0 spiro atoms. The standard InChI is InChI=1S/C15H14Cl4N2/c16-11-3-4-14(18)10(5-11)7-13(21-20)6-9-1-2-12(17)8-15(9)19/h1-5,8,13,21H,6-7,20H2. The largest absolute Gasteiger partial charge is 0.271 e. The number of nitrogens with two attached hydrogens (primary N) is 1. The number of hydrogen-bond acceptors (Lipinski definition) is 2. The molecule has 0 heterocycles. The van der Waals surface area contributed by atoms with Crippen molar-refractivity contribution in [3.05, 3.63) is 67.6 Å². The first kappa shape index (κ1) is 16.9. The normalized spacial score (nSPS) is 12.4. The van der Waals surface area contributed by atoms with Gasteiger partial charge in [-0.2, -0.15) is 0 Å². The molecule has 0 aromatic heterocycles. The average molecular weight is 364 g/mol. The number of hydrazine groups is 1. The van der Waals surface area contributed by atoms with Crippen molar-refractivity contribution in [3.63, 3.8) is 0 Å². The van der Waals surface area contributed by atoms with Crippen LogP contribution in [-0.2, 0) is 12.8 Å². The first-order valence-electron chi connectivity index (χ1n) is 6.33. The third-order valence-electron chi connectivity index (χ3n) is 3.19. The van der Waals surface area contributed by atoms with Gasteiger partial charge in [0.25, 0.3) is 0 Å². The molecule has 0 aliphatic rings. The molecule has 1 atom stereocenters. The van der Waals surface area contributed by atoms with E-state index in [1.165, 1.54) is 0 Å². The zero-order chi connectivity index (χ0) is 15.4. The minimum Gasteiger partial charge on any atom is -0.271 e. The second kappa shape index (κ2) is 7.68. The van der Waals surface area contributed by atoms with Gasteiger partial charge in [-0.3, -0.25) is 11.3 Å². The Morgan fingerprint density at radius 1 is 0.810 bits per heavy atom. The molecular weight excluding hydrogens is 350 g/mol. The number of hydrogen-bond donors (Lipinski definition) is 2. The quantitative estimate of drug-likeness (QED) is 0.584. The maximum Gasteiger partial charge on any atom is 0.0453 e. The Balaban J connectivity index is 2.14. The summed E-state index contributed by atoms with van der Waals surface area (Å²) in [5.41, 5.74) is 4.71. The Morgan fingerprint density at radius 3 is 2.10 bits per heavy atom. The van der Waals surface area contributed by atoms with E-state index in [9.17, 15) is 0 Å². The van der Waals surface area contributed by atoms with Crippen molar-refractivity contribution in [2.24, 2.45) is 5.84 Å². The van der Waals surface area contributed by atoms with Crippen LogP contribution in [0.1, 0.15) is 11.1 Å². The zero-order valence-corrected chi connectivity index (χ0v) is 14.1. The lowest BCUT2D eigenvalue weighted by atomic mass is 9.99. The lowest BCUT2D eigenvalue weighted by Gasteiger charge is -2.18. The van der Waals surface area contributed by atoms with Crippen molar-refractivity contribution >= 4 is 46.4 Å². The van der Waals surface area contributed by atoms with Gasteiger partial charge in [0.05, 0.1) is 0 Å². The van der Waals surface area contributed by atoms with Crippen LogP contribution in [0.4, 0.5) is 0 Å². The van der Waals surface area contributed by atoms with Gasteiger partial charge in [0, 0.05) is 26.1 Å². The van der Waals surface area contributed by atoms with E-state index in [0.717, 1.165) is 11.1 Å². The summed E-state index contributed by atoms with van der Waals surface area (Å²) in [6.45, 7) is 0. The summed E-state index contributed by atoms with van der Waals surface area (Å²) >= 11 is 24.3. The highest BCUT2D eigenvalue weighted by Gasteiger charge is 2.13. The molecule has 2 aromatic carbocycles. The molecular formula is C15H14Cl4N2. The second-order valence-corrected chi connectivity index (χ2v) is 6.43. The number of nitrogens with one attached hydrogen (secondary N) is 1. The van der Waals surface area contributed by atoms with Crippen LogP contribution in [0.15, 0.2) is 36.4 Å². The van der Waals surface area contributed by atoms with E-state index in [1.54, 1.807) is 18.2 Å². The number of rotatable bonds is 5. The summed E-state index contributed by atoms with van der Waals surface area (Å²) in [7, 11) is 0. The highest BCUT2D eigenvalue weighted by Crippen LogP contribution is 2.25. The van der Waals surface area contributed by atoms with E-state index in [-0.39, 0.29) is 6.04 Å². The molecule has 0 fully saturated rings. The minimum atomic E-state index is -0.0142. The molecule has 0 radical (unpaired) electrons. The summed E-state index contributed by atoms with van der Waals surface area (Å²) in [6, 6.07) is 10.8. The van der Waals surface area contributed by atoms with Crippen LogP contribution < -0.4 is 11.3 Å². The molecule has 0 aliphatic heterocycles. The van der Waals surface area contributed by atoms with Gasteiger partial charge in [-0.15, -0.1) is 0 Å². The van der Waals surface area contributed by atoms with Gasteiger partial charge >= 0.3 is 0 Å². The summed E-state index contributed by atoms with van der Waals surface area (Å²) < 4.78 is 0. The maximum atomic E-state index is 6.19. The molecule has 21 heavy (non-hydrogen) atoms. The average Bonchev–Trinajstić information content (AvgIpc) is 2.44. The third kappa shape index (κ3) is 4.75. The fourth-order valence-corrected chi connectivity index (χ4v) is 2.98. The molecule has 1 unspecified atom stereocenters. The van der Waals surface area contributed by atoms with Crippen molar-refractivity contribution in [2.45, 2.75) is 18.9 Å². The Bertz CT molecular complexity index is 631. The molecule has 0 saturated carbocycles. The van der Waals surface area contributed by atoms with E-state index < -0.39 is 0 Å². The summed E-state index contributed by atoms with van der Waals surface area (Å²) in [4.78, 5) is 0. The highest BCUT2D eigenvalue weighted by molar-refractivity contribution is 6.35. The Labute approximate surface area is 144 Å². The smallest absolute Gasteiger partial charge is 0.0453 e. The van der Waals surface area contributed by atoms with Crippen molar-refractivity contribution < 1.29 is 0 Å². The molecule has 6 heteroatoms. The fourth-order valence-electron chi connectivity index (χ4n) is 2.11. The van der Waals surface area contributed by atoms with Crippen LogP contribution in [0, 0.1) is 0 Å². The van der Waals surface area contributed by atoms with E-state index in [4.69, 9.17) is 52.2 Å². The summed E-state index contributed by atoms with van der Waals surface area (Å²) in [5.74, 6) is 5.64. The van der Waals surface area contributed by atoms with Crippen molar-refractivity contribution in [2.75, 3.05) is 0 Å². The van der Waals surface area contributed by atoms with Crippen LogP contribution in [0.3, 0.4) is 0 Å². The van der Waals surface area contributed by atoms with Crippen LogP contribution in [0.5, 0.6) is 0 Å². The topological polar surface area (TPSA) is 38.0 Å². The van der Waals surface area contributed by atoms with Crippen molar-refractivity contribution in [3.8, 4) is 0 Å². The highest BCUT2D eigenvalue weighted by atomic mass is 35.5. The van der Waals surface area contributed by atoms with E-state index in [2.05, 4.69) is 5.43 Å². The van der Waals surface area contributed by atoms with Gasteiger partial charge in [-0.05, 0) is 54.3 Å². The lowest BCUT2D eigenvalue weighted by molar-refractivity contribution is 0.522. The van der Waals surface area contributed by atoms with Gasteiger partial charge in [-0.25, -0.2) is 0 Å². The van der Waals surface area contributed by atoms with Gasteiger partial charge in [-0.1, -0.05) is 52.5 Å². The Hall–Kier alpha value is -0.480. The van der Waals surface area contributed by atoms with Crippen molar-refractivity contribution in [1.29, 1.82) is 0 Å². The molecule has 2 nitrogen and oxygen atoms in total. The second-order valence-electron chi connectivity index (χ2n) is 4.74. The zero-order valence-electron chi connectivity index (χ0n) is 11.0. The third-order valence-corrected chi connectivity index (χ3v) is 4.38. The Morgan fingerprint density at radius 2 is 1.43 bits per heavy atom. The van der Waals surface area contributed by atoms with E-state index in [1.807, 2.05) is 18.2 Å². The van der Waals surface area contributed by atoms with Crippen molar-refractivity contribution in [1.82, 2.24) is 5.43 Å².